The first-order valence-electron chi connectivity index (χ1n) is 5.76. The monoisotopic (exact) mass is 251 g/mol. The Morgan fingerprint density at radius 2 is 2.17 bits per heavy atom. The van der Waals surface area contributed by atoms with Crippen molar-refractivity contribution < 1.29 is 19.4 Å². The highest BCUT2D eigenvalue weighted by atomic mass is 16.5. The molecule has 0 fully saturated rings. The van der Waals surface area contributed by atoms with Gasteiger partial charge in [-0.2, -0.15) is 0 Å². The third-order valence-electron chi connectivity index (χ3n) is 2.43. The summed E-state index contributed by atoms with van der Waals surface area (Å²) >= 11 is 0. The Morgan fingerprint density at radius 3 is 2.78 bits per heavy atom. The standard InChI is InChI=1S/C13H17NO4/c1-3-10-5-4-6-11(7-10)14-12(15)8-18-9(2)13(16)17/h4-7,9H,3,8H2,1-2H3,(H,14,15)(H,16,17). The number of aliphatic carboxylic acids is 1. The van der Waals surface area contributed by atoms with Crippen molar-refractivity contribution in [3.05, 3.63) is 29.8 Å². The fraction of sp³-hybridized carbons (Fsp3) is 0.385. The van der Waals surface area contributed by atoms with Gasteiger partial charge in [0.1, 0.15) is 6.61 Å². The number of amides is 1. The summed E-state index contributed by atoms with van der Waals surface area (Å²) in [7, 11) is 0. The molecule has 0 saturated heterocycles. The molecule has 5 nitrogen and oxygen atoms in total. The third-order valence-corrected chi connectivity index (χ3v) is 2.43. The second-order valence-corrected chi connectivity index (χ2v) is 3.89. The van der Waals surface area contributed by atoms with E-state index in [9.17, 15) is 9.59 Å². The molecule has 5 heteroatoms. The van der Waals surface area contributed by atoms with Gasteiger partial charge in [0.05, 0.1) is 0 Å². The van der Waals surface area contributed by atoms with Crippen LogP contribution in [0.15, 0.2) is 24.3 Å². The lowest BCUT2D eigenvalue weighted by atomic mass is 10.1. The highest BCUT2D eigenvalue weighted by Gasteiger charge is 2.13. The van der Waals surface area contributed by atoms with Crippen LogP contribution in [-0.4, -0.2) is 29.7 Å². The first-order chi connectivity index (χ1) is 8.52. The second kappa shape index (κ2) is 6.76. The summed E-state index contributed by atoms with van der Waals surface area (Å²) in [6.07, 6.45) is -0.103. The van der Waals surface area contributed by atoms with Gasteiger partial charge in [0.2, 0.25) is 5.91 Å². The van der Waals surface area contributed by atoms with Crippen molar-refractivity contribution in [2.24, 2.45) is 0 Å². The first-order valence-corrected chi connectivity index (χ1v) is 5.76. The molecule has 1 aromatic rings. The maximum Gasteiger partial charge on any atom is 0.332 e. The van der Waals surface area contributed by atoms with E-state index in [2.05, 4.69) is 5.32 Å². The van der Waals surface area contributed by atoms with Crippen molar-refractivity contribution in [3.63, 3.8) is 0 Å². The minimum absolute atomic E-state index is 0.274. The van der Waals surface area contributed by atoms with Crippen molar-refractivity contribution in [3.8, 4) is 0 Å². The summed E-state index contributed by atoms with van der Waals surface area (Å²) in [4.78, 5) is 22.0. The Balaban J connectivity index is 2.46. The molecule has 1 rings (SSSR count). The normalized spacial score (nSPS) is 11.9. The lowest BCUT2D eigenvalue weighted by Crippen LogP contribution is -2.26. The smallest absolute Gasteiger partial charge is 0.332 e. The summed E-state index contributed by atoms with van der Waals surface area (Å²) in [5, 5.41) is 11.3. The Labute approximate surface area is 106 Å². The number of aryl methyl sites for hydroxylation is 1. The van der Waals surface area contributed by atoms with Crippen LogP contribution < -0.4 is 5.32 Å². The van der Waals surface area contributed by atoms with Crippen molar-refractivity contribution in [1.29, 1.82) is 0 Å². The topological polar surface area (TPSA) is 75.6 Å². The fourth-order valence-corrected chi connectivity index (χ4v) is 1.34. The molecule has 0 heterocycles. The van der Waals surface area contributed by atoms with Gasteiger partial charge < -0.3 is 15.2 Å². The number of benzene rings is 1. The SMILES string of the molecule is CCc1cccc(NC(=O)COC(C)C(=O)O)c1. The van der Waals surface area contributed by atoms with Crippen LogP contribution in [0.1, 0.15) is 19.4 Å². The summed E-state index contributed by atoms with van der Waals surface area (Å²) in [6.45, 7) is 3.13. The summed E-state index contributed by atoms with van der Waals surface area (Å²) < 4.78 is 4.88. The number of carbonyl (C=O) groups excluding carboxylic acids is 1. The van der Waals surface area contributed by atoms with Gasteiger partial charge >= 0.3 is 5.97 Å². The predicted molar refractivity (Wildman–Crippen MR) is 67.5 cm³/mol. The lowest BCUT2D eigenvalue weighted by molar-refractivity contribution is -0.150. The molecule has 0 saturated carbocycles. The molecular formula is C13H17NO4. The molecule has 0 radical (unpaired) electrons. The number of nitrogens with one attached hydrogen (secondary N) is 1. The average Bonchev–Trinajstić information content (AvgIpc) is 2.36. The average molecular weight is 251 g/mol. The Hall–Kier alpha value is -1.88. The predicted octanol–water partition coefficient (Wildman–Crippen LogP) is 1.68. The van der Waals surface area contributed by atoms with Gasteiger partial charge in [0.15, 0.2) is 6.10 Å². The molecule has 0 bridgehead atoms. The summed E-state index contributed by atoms with van der Waals surface area (Å²) in [6, 6.07) is 7.48. The minimum Gasteiger partial charge on any atom is -0.479 e. The summed E-state index contributed by atoms with van der Waals surface area (Å²) in [5.74, 6) is -1.45. The van der Waals surface area contributed by atoms with Gasteiger partial charge in [-0.3, -0.25) is 4.79 Å². The number of carbonyl (C=O) groups is 2. The van der Waals surface area contributed by atoms with Gasteiger partial charge in [-0.25, -0.2) is 4.79 Å². The van der Waals surface area contributed by atoms with Crippen molar-refractivity contribution in [1.82, 2.24) is 0 Å². The van der Waals surface area contributed by atoms with Crippen LogP contribution in [0.3, 0.4) is 0 Å². The van der Waals surface area contributed by atoms with E-state index >= 15 is 0 Å². The summed E-state index contributed by atoms with van der Waals surface area (Å²) in [5.41, 5.74) is 1.80. The van der Waals surface area contributed by atoms with Gasteiger partial charge in [0, 0.05) is 5.69 Å². The molecule has 1 aromatic carbocycles. The second-order valence-electron chi connectivity index (χ2n) is 3.89. The molecule has 1 amide bonds. The van der Waals surface area contributed by atoms with E-state index in [1.165, 1.54) is 6.92 Å². The zero-order valence-corrected chi connectivity index (χ0v) is 10.5. The first kappa shape index (κ1) is 14.2. The lowest BCUT2D eigenvalue weighted by Gasteiger charge is -2.09. The van der Waals surface area contributed by atoms with Crippen molar-refractivity contribution in [2.45, 2.75) is 26.4 Å². The van der Waals surface area contributed by atoms with Gasteiger partial charge in [-0.05, 0) is 31.0 Å². The van der Waals surface area contributed by atoms with E-state index < -0.39 is 12.1 Å². The number of carboxylic acid groups (broad SMARTS) is 1. The molecule has 18 heavy (non-hydrogen) atoms. The molecule has 1 atom stereocenters. The zero-order chi connectivity index (χ0) is 13.5. The van der Waals surface area contributed by atoms with E-state index in [0.717, 1.165) is 12.0 Å². The molecular weight excluding hydrogens is 234 g/mol. The quantitative estimate of drug-likeness (QED) is 0.806. The van der Waals surface area contributed by atoms with Crippen LogP contribution in [0.4, 0.5) is 5.69 Å². The number of rotatable bonds is 6. The Morgan fingerprint density at radius 1 is 1.44 bits per heavy atom. The van der Waals surface area contributed by atoms with Crippen LogP contribution in [0.2, 0.25) is 0 Å². The highest BCUT2D eigenvalue weighted by molar-refractivity contribution is 5.91. The maximum atomic E-state index is 11.5. The van der Waals surface area contributed by atoms with Crippen molar-refractivity contribution in [2.75, 3.05) is 11.9 Å². The number of hydrogen-bond acceptors (Lipinski definition) is 3. The fourth-order valence-electron chi connectivity index (χ4n) is 1.34. The largest absolute Gasteiger partial charge is 0.479 e. The number of ether oxygens (including phenoxy) is 1. The van der Waals surface area contributed by atoms with Gasteiger partial charge in [-0.1, -0.05) is 19.1 Å². The number of anilines is 1. The zero-order valence-electron chi connectivity index (χ0n) is 10.5. The van der Waals surface area contributed by atoms with Crippen LogP contribution in [0.25, 0.3) is 0 Å². The molecule has 0 aliphatic carbocycles. The Kier molecular flexibility index (Phi) is 5.32. The van der Waals surface area contributed by atoms with E-state index in [1.807, 2.05) is 25.1 Å². The third kappa shape index (κ3) is 4.55. The van der Waals surface area contributed by atoms with Crippen molar-refractivity contribution >= 4 is 17.6 Å². The molecule has 0 spiro atoms. The van der Waals surface area contributed by atoms with E-state index in [4.69, 9.17) is 9.84 Å². The molecule has 1 unspecified atom stereocenters. The molecule has 0 aliphatic rings. The molecule has 98 valence electrons. The molecule has 0 aromatic heterocycles. The van der Waals surface area contributed by atoms with E-state index in [1.54, 1.807) is 6.07 Å². The highest BCUT2D eigenvalue weighted by Crippen LogP contribution is 2.10. The van der Waals surface area contributed by atoms with Crippen LogP contribution in [0.5, 0.6) is 0 Å². The van der Waals surface area contributed by atoms with E-state index in [-0.39, 0.29) is 12.5 Å². The van der Waals surface area contributed by atoms with Gasteiger partial charge in [0.25, 0.3) is 0 Å². The minimum atomic E-state index is -1.09. The Bertz CT molecular complexity index is 431. The van der Waals surface area contributed by atoms with Gasteiger partial charge in [-0.15, -0.1) is 0 Å². The number of hydrogen-bond donors (Lipinski definition) is 2. The molecule has 2 N–H and O–H groups in total. The van der Waals surface area contributed by atoms with E-state index in [0.29, 0.717) is 5.69 Å². The maximum absolute atomic E-state index is 11.5. The number of carboxylic acids is 1. The van der Waals surface area contributed by atoms with Crippen LogP contribution >= 0.6 is 0 Å². The van der Waals surface area contributed by atoms with Crippen LogP contribution in [-0.2, 0) is 20.7 Å². The molecule has 0 aliphatic heterocycles. The van der Waals surface area contributed by atoms with Crippen LogP contribution in [0, 0.1) is 0 Å².